The third-order valence-electron chi connectivity index (χ3n) is 2.11. The molecule has 0 unspecified atom stereocenters. The van der Waals surface area contributed by atoms with Crippen molar-refractivity contribution in [1.29, 1.82) is 0 Å². The van der Waals surface area contributed by atoms with Crippen molar-refractivity contribution in [3.63, 3.8) is 0 Å². The number of carbonyl (C=O) groups is 1. The largest absolute Gasteiger partial charge is 0.360 e. The van der Waals surface area contributed by atoms with Crippen LogP contribution < -0.4 is 0 Å². The second-order valence-electron chi connectivity index (χ2n) is 3.06. The molecule has 15 heavy (non-hydrogen) atoms. The fraction of sp³-hybridized carbons (Fsp3) is 0.100. The summed E-state index contributed by atoms with van der Waals surface area (Å²) < 4.78 is 13.0. The molecule has 78 valence electrons. The molecule has 1 heterocycles. The molecule has 1 aromatic carbocycles. The van der Waals surface area contributed by atoms with Crippen molar-refractivity contribution in [1.82, 2.24) is 4.98 Å². The molecule has 0 saturated heterocycles. The number of halogens is 3. The molecule has 0 radical (unpaired) electrons. The van der Waals surface area contributed by atoms with Gasteiger partial charge < -0.3 is 4.98 Å². The molecule has 5 heteroatoms. The number of alkyl halides is 2. The van der Waals surface area contributed by atoms with Gasteiger partial charge in [-0.3, -0.25) is 4.79 Å². The Morgan fingerprint density at radius 3 is 2.80 bits per heavy atom. The first-order valence-corrected chi connectivity index (χ1v) is 5.06. The summed E-state index contributed by atoms with van der Waals surface area (Å²) in [7, 11) is 0. The Kier molecular flexibility index (Phi) is 2.67. The Morgan fingerprint density at radius 2 is 2.13 bits per heavy atom. The van der Waals surface area contributed by atoms with E-state index in [1.54, 1.807) is 6.07 Å². The Bertz CT molecular complexity index is 521. The van der Waals surface area contributed by atoms with Crippen LogP contribution in [0, 0.1) is 5.82 Å². The highest BCUT2D eigenvalue weighted by molar-refractivity contribution is 6.55. The minimum Gasteiger partial charge on any atom is -0.360 e. The predicted octanol–water partition coefficient (Wildman–Crippen LogP) is 3.29. The number of aromatic amines is 1. The lowest BCUT2D eigenvalue weighted by Gasteiger charge is -1.98. The van der Waals surface area contributed by atoms with Crippen LogP contribution in [0.2, 0.25) is 0 Å². The van der Waals surface area contributed by atoms with Crippen LogP contribution in [-0.4, -0.2) is 15.6 Å². The van der Waals surface area contributed by atoms with Gasteiger partial charge >= 0.3 is 0 Å². The summed E-state index contributed by atoms with van der Waals surface area (Å²) in [6.07, 6.45) is 1.48. The lowest BCUT2D eigenvalue weighted by Crippen LogP contribution is -2.07. The summed E-state index contributed by atoms with van der Waals surface area (Å²) in [4.78, 5) is 13.2. The number of aromatic nitrogens is 1. The molecule has 0 amide bonds. The molecule has 0 bridgehead atoms. The summed E-state index contributed by atoms with van der Waals surface area (Å²) in [5.41, 5.74) is 0.980. The van der Waals surface area contributed by atoms with Gasteiger partial charge in [0.05, 0.1) is 0 Å². The zero-order valence-electron chi connectivity index (χ0n) is 7.43. The molecule has 2 nitrogen and oxygen atoms in total. The lowest BCUT2D eigenvalue weighted by molar-refractivity contribution is 0.101. The molecule has 0 aliphatic carbocycles. The van der Waals surface area contributed by atoms with Gasteiger partial charge in [0.2, 0.25) is 0 Å². The van der Waals surface area contributed by atoms with Gasteiger partial charge in [0.1, 0.15) is 5.82 Å². The first-order valence-electron chi connectivity index (χ1n) is 4.18. The van der Waals surface area contributed by atoms with Crippen molar-refractivity contribution in [3.05, 3.63) is 35.8 Å². The maximum Gasteiger partial charge on any atom is 0.197 e. The summed E-state index contributed by atoms with van der Waals surface area (Å²) in [5.74, 6) is -0.841. The van der Waals surface area contributed by atoms with Crippen LogP contribution in [0.4, 0.5) is 4.39 Å². The van der Waals surface area contributed by atoms with Gasteiger partial charge in [0.15, 0.2) is 10.6 Å². The van der Waals surface area contributed by atoms with Crippen LogP contribution in [-0.2, 0) is 0 Å². The van der Waals surface area contributed by atoms with E-state index in [2.05, 4.69) is 4.98 Å². The highest BCUT2D eigenvalue weighted by Gasteiger charge is 2.18. The van der Waals surface area contributed by atoms with Crippen molar-refractivity contribution in [2.45, 2.75) is 4.84 Å². The van der Waals surface area contributed by atoms with Gasteiger partial charge in [-0.15, -0.1) is 0 Å². The normalized spacial score (nSPS) is 11.2. The van der Waals surface area contributed by atoms with E-state index in [-0.39, 0.29) is 0 Å². The minimum absolute atomic E-state index is 0.305. The maximum absolute atomic E-state index is 13.0. The standard InChI is InChI=1S/C10H6Cl2FNO/c11-10(12)9(15)7-4-14-8-2-1-5(13)3-6(7)8/h1-4,10,14H. The molecule has 0 aliphatic heterocycles. The van der Waals surface area contributed by atoms with Gasteiger partial charge in [-0.05, 0) is 18.2 Å². The third-order valence-corrected chi connectivity index (χ3v) is 2.50. The highest BCUT2D eigenvalue weighted by Crippen LogP contribution is 2.22. The second-order valence-corrected chi connectivity index (χ2v) is 4.15. The average Bonchev–Trinajstić information content (AvgIpc) is 2.59. The first-order chi connectivity index (χ1) is 7.09. The molecular weight excluding hydrogens is 240 g/mol. The molecule has 2 rings (SSSR count). The molecule has 1 N–H and O–H groups in total. The van der Waals surface area contributed by atoms with Crippen LogP contribution in [0.15, 0.2) is 24.4 Å². The van der Waals surface area contributed by atoms with Gasteiger partial charge in [0.25, 0.3) is 0 Å². The van der Waals surface area contributed by atoms with E-state index in [0.29, 0.717) is 16.5 Å². The number of carbonyl (C=O) groups excluding carboxylic acids is 1. The van der Waals surface area contributed by atoms with E-state index < -0.39 is 16.4 Å². The van der Waals surface area contributed by atoms with Gasteiger partial charge in [-0.2, -0.15) is 0 Å². The number of Topliss-reactive ketones (excluding diaryl/α,β-unsaturated/α-hetero) is 1. The molecule has 0 spiro atoms. The van der Waals surface area contributed by atoms with Gasteiger partial charge in [0, 0.05) is 22.7 Å². The smallest absolute Gasteiger partial charge is 0.197 e. The summed E-state index contributed by atoms with van der Waals surface area (Å²) in [6, 6.07) is 4.14. The minimum atomic E-state index is -1.13. The molecule has 0 fully saturated rings. The molecule has 0 atom stereocenters. The van der Waals surface area contributed by atoms with E-state index >= 15 is 0 Å². The van der Waals surface area contributed by atoms with Crippen LogP contribution in [0.3, 0.4) is 0 Å². The summed E-state index contributed by atoms with van der Waals surface area (Å²) in [5, 5.41) is 0.492. The molecule has 2 aromatic rings. The highest BCUT2D eigenvalue weighted by atomic mass is 35.5. The second kappa shape index (κ2) is 3.83. The molecule has 0 aliphatic rings. The van der Waals surface area contributed by atoms with Gasteiger partial charge in [-0.25, -0.2) is 4.39 Å². The fourth-order valence-electron chi connectivity index (χ4n) is 1.41. The van der Waals surface area contributed by atoms with Crippen molar-refractivity contribution in [2.75, 3.05) is 0 Å². The Morgan fingerprint density at radius 1 is 1.40 bits per heavy atom. The van der Waals surface area contributed by atoms with Crippen molar-refractivity contribution < 1.29 is 9.18 Å². The van der Waals surface area contributed by atoms with Crippen LogP contribution >= 0.6 is 23.2 Å². The monoisotopic (exact) mass is 245 g/mol. The summed E-state index contributed by atoms with van der Waals surface area (Å²) in [6.45, 7) is 0. The van der Waals surface area contributed by atoms with Crippen molar-refractivity contribution in [3.8, 4) is 0 Å². The van der Waals surface area contributed by atoms with E-state index in [9.17, 15) is 9.18 Å². The Labute approximate surface area is 95.0 Å². The predicted molar refractivity (Wildman–Crippen MR) is 58.1 cm³/mol. The Hall–Kier alpha value is -1.06. The number of hydrogen-bond donors (Lipinski definition) is 1. The number of hydrogen-bond acceptors (Lipinski definition) is 1. The summed E-state index contributed by atoms with van der Waals surface area (Å²) >= 11 is 10.9. The number of benzene rings is 1. The topological polar surface area (TPSA) is 32.9 Å². The lowest BCUT2D eigenvalue weighted by atomic mass is 10.1. The SMILES string of the molecule is O=C(c1c[nH]c2ccc(F)cc12)C(Cl)Cl. The zero-order valence-corrected chi connectivity index (χ0v) is 8.94. The van der Waals surface area contributed by atoms with Crippen LogP contribution in [0.1, 0.15) is 10.4 Å². The van der Waals surface area contributed by atoms with Crippen molar-refractivity contribution >= 4 is 39.9 Å². The third kappa shape index (κ3) is 1.85. The average molecular weight is 246 g/mol. The van der Waals surface area contributed by atoms with Crippen LogP contribution in [0.25, 0.3) is 10.9 Å². The molecule has 0 saturated carbocycles. The fourth-order valence-corrected chi connectivity index (χ4v) is 1.65. The Balaban J connectivity index is 2.62. The van der Waals surface area contributed by atoms with E-state index in [4.69, 9.17) is 23.2 Å². The number of rotatable bonds is 2. The molecular formula is C10H6Cl2FNO. The number of H-pyrrole nitrogens is 1. The number of ketones is 1. The molecule has 1 aromatic heterocycles. The van der Waals surface area contributed by atoms with E-state index in [1.165, 1.54) is 18.3 Å². The van der Waals surface area contributed by atoms with E-state index in [1.807, 2.05) is 0 Å². The number of fused-ring (bicyclic) bond motifs is 1. The zero-order chi connectivity index (χ0) is 11.0. The van der Waals surface area contributed by atoms with Crippen molar-refractivity contribution in [2.24, 2.45) is 0 Å². The van der Waals surface area contributed by atoms with Gasteiger partial charge in [-0.1, -0.05) is 23.2 Å². The maximum atomic E-state index is 13.0. The van der Waals surface area contributed by atoms with Crippen LogP contribution in [0.5, 0.6) is 0 Å². The first kappa shape index (κ1) is 10.5. The number of nitrogens with one attached hydrogen (secondary N) is 1. The quantitative estimate of drug-likeness (QED) is 0.640. The van der Waals surface area contributed by atoms with E-state index in [0.717, 1.165) is 0 Å².